The molecule has 26 heavy (non-hydrogen) atoms. The lowest BCUT2D eigenvalue weighted by atomic mass is 9.94. The molecule has 0 radical (unpaired) electrons. The van der Waals surface area contributed by atoms with Crippen LogP contribution in [0.3, 0.4) is 0 Å². The number of pyridine rings is 1. The summed E-state index contributed by atoms with van der Waals surface area (Å²) in [5.41, 5.74) is 1.30. The fraction of sp³-hybridized carbons (Fsp3) is 0.350. The minimum Gasteiger partial charge on any atom is -0.490 e. The summed E-state index contributed by atoms with van der Waals surface area (Å²) >= 11 is 0. The SMILES string of the molecule is O=C(c1ccccn1)N1CCC(C(=O)N2CCOc3ccccc32)CC1. The Kier molecular flexibility index (Phi) is 4.56. The minimum atomic E-state index is -0.0618. The number of carbonyl (C=O) groups excluding carboxylic acids is 2. The first kappa shape index (κ1) is 16.6. The number of para-hydroxylation sites is 2. The van der Waals surface area contributed by atoms with Crippen LogP contribution in [0.2, 0.25) is 0 Å². The van der Waals surface area contributed by atoms with Crippen LogP contribution in [0.25, 0.3) is 0 Å². The normalized spacial score (nSPS) is 17.4. The molecule has 0 N–H and O–H groups in total. The number of ether oxygens (including phenoxy) is 1. The van der Waals surface area contributed by atoms with E-state index in [2.05, 4.69) is 4.98 Å². The van der Waals surface area contributed by atoms with Gasteiger partial charge in [-0.2, -0.15) is 0 Å². The van der Waals surface area contributed by atoms with Crippen molar-refractivity contribution in [2.75, 3.05) is 31.1 Å². The highest BCUT2D eigenvalue weighted by Gasteiger charge is 2.33. The van der Waals surface area contributed by atoms with Gasteiger partial charge < -0.3 is 14.5 Å². The van der Waals surface area contributed by atoms with E-state index in [1.54, 1.807) is 23.2 Å². The molecule has 0 bridgehead atoms. The number of rotatable bonds is 2. The lowest BCUT2D eigenvalue weighted by Gasteiger charge is -2.36. The van der Waals surface area contributed by atoms with Crippen molar-refractivity contribution in [1.29, 1.82) is 0 Å². The molecule has 6 nitrogen and oxygen atoms in total. The molecule has 4 rings (SSSR count). The van der Waals surface area contributed by atoms with Crippen molar-refractivity contribution >= 4 is 17.5 Å². The minimum absolute atomic E-state index is 0.0612. The van der Waals surface area contributed by atoms with Gasteiger partial charge in [-0.15, -0.1) is 0 Å². The number of nitrogens with zero attached hydrogens (tertiary/aromatic N) is 3. The quantitative estimate of drug-likeness (QED) is 0.833. The number of fused-ring (bicyclic) bond motifs is 1. The third kappa shape index (κ3) is 3.14. The fourth-order valence-electron chi connectivity index (χ4n) is 3.60. The fourth-order valence-corrected chi connectivity index (χ4v) is 3.60. The number of benzene rings is 1. The number of anilines is 1. The first-order valence-electron chi connectivity index (χ1n) is 8.97. The first-order chi connectivity index (χ1) is 12.7. The number of carbonyl (C=O) groups is 2. The van der Waals surface area contributed by atoms with Gasteiger partial charge in [-0.05, 0) is 37.1 Å². The monoisotopic (exact) mass is 351 g/mol. The van der Waals surface area contributed by atoms with E-state index in [4.69, 9.17) is 4.74 Å². The Balaban J connectivity index is 1.41. The lowest BCUT2D eigenvalue weighted by Crippen LogP contribution is -2.46. The highest BCUT2D eigenvalue weighted by Crippen LogP contribution is 2.33. The van der Waals surface area contributed by atoms with E-state index in [0.29, 0.717) is 44.8 Å². The van der Waals surface area contributed by atoms with E-state index in [0.717, 1.165) is 11.4 Å². The van der Waals surface area contributed by atoms with Gasteiger partial charge in [0.15, 0.2) is 0 Å². The van der Waals surface area contributed by atoms with Crippen LogP contribution in [0.15, 0.2) is 48.7 Å². The predicted molar refractivity (Wildman–Crippen MR) is 97.2 cm³/mol. The summed E-state index contributed by atoms with van der Waals surface area (Å²) in [6.45, 7) is 2.25. The van der Waals surface area contributed by atoms with Gasteiger partial charge in [0.1, 0.15) is 18.1 Å². The van der Waals surface area contributed by atoms with E-state index in [1.165, 1.54) is 0 Å². The van der Waals surface area contributed by atoms with Gasteiger partial charge in [0.25, 0.3) is 5.91 Å². The maximum Gasteiger partial charge on any atom is 0.272 e. The Morgan fingerprint density at radius 2 is 1.77 bits per heavy atom. The van der Waals surface area contributed by atoms with Crippen molar-refractivity contribution in [3.05, 3.63) is 54.4 Å². The Bertz CT molecular complexity index is 801. The topological polar surface area (TPSA) is 62.7 Å². The number of likely N-dealkylation sites (tertiary alicyclic amines) is 1. The zero-order chi connectivity index (χ0) is 17.9. The Morgan fingerprint density at radius 3 is 2.54 bits per heavy atom. The predicted octanol–water partition coefficient (Wildman–Crippen LogP) is 2.36. The molecule has 0 saturated carbocycles. The Labute approximate surface area is 152 Å². The van der Waals surface area contributed by atoms with E-state index < -0.39 is 0 Å². The second-order valence-electron chi connectivity index (χ2n) is 6.59. The van der Waals surface area contributed by atoms with Crippen molar-refractivity contribution in [1.82, 2.24) is 9.88 Å². The zero-order valence-corrected chi connectivity index (χ0v) is 14.5. The van der Waals surface area contributed by atoms with Gasteiger partial charge in [0.05, 0.1) is 12.2 Å². The van der Waals surface area contributed by atoms with Gasteiger partial charge in [0.2, 0.25) is 5.91 Å². The molecule has 3 heterocycles. The van der Waals surface area contributed by atoms with Gasteiger partial charge >= 0.3 is 0 Å². The number of piperidine rings is 1. The average Bonchev–Trinajstić information content (AvgIpc) is 2.73. The van der Waals surface area contributed by atoms with Crippen LogP contribution in [-0.4, -0.2) is 47.9 Å². The summed E-state index contributed by atoms with van der Waals surface area (Å²) in [6.07, 6.45) is 2.98. The summed E-state index contributed by atoms with van der Waals surface area (Å²) in [4.78, 5) is 33.3. The molecular weight excluding hydrogens is 330 g/mol. The molecule has 1 aromatic heterocycles. The highest BCUT2D eigenvalue weighted by molar-refractivity contribution is 5.97. The third-order valence-corrected chi connectivity index (χ3v) is 5.01. The van der Waals surface area contributed by atoms with Crippen molar-refractivity contribution in [3.8, 4) is 5.75 Å². The lowest BCUT2D eigenvalue weighted by molar-refractivity contribution is -0.123. The third-order valence-electron chi connectivity index (χ3n) is 5.01. The maximum absolute atomic E-state index is 13.0. The molecule has 1 aromatic carbocycles. The molecule has 0 spiro atoms. The Hall–Kier alpha value is -2.89. The van der Waals surface area contributed by atoms with Crippen LogP contribution in [-0.2, 0) is 4.79 Å². The van der Waals surface area contributed by atoms with Gasteiger partial charge in [-0.1, -0.05) is 18.2 Å². The van der Waals surface area contributed by atoms with Crippen LogP contribution in [0.1, 0.15) is 23.3 Å². The van der Waals surface area contributed by atoms with Crippen LogP contribution in [0.5, 0.6) is 5.75 Å². The molecule has 0 unspecified atom stereocenters. The van der Waals surface area contributed by atoms with Crippen molar-refractivity contribution in [2.24, 2.45) is 5.92 Å². The van der Waals surface area contributed by atoms with Crippen LogP contribution in [0.4, 0.5) is 5.69 Å². The molecule has 1 saturated heterocycles. The summed E-state index contributed by atoms with van der Waals surface area (Å²) in [7, 11) is 0. The second kappa shape index (κ2) is 7.15. The molecule has 2 aromatic rings. The smallest absolute Gasteiger partial charge is 0.272 e. The zero-order valence-electron chi connectivity index (χ0n) is 14.5. The van der Waals surface area contributed by atoms with Crippen LogP contribution < -0.4 is 9.64 Å². The van der Waals surface area contributed by atoms with Crippen molar-refractivity contribution in [2.45, 2.75) is 12.8 Å². The number of amides is 2. The number of aromatic nitrogens is 1. The Morgan fingerprint density at radius 1 is 1.00 bits per heavy atom. The molecular formula is C20H21N3O3. The van der Waals surface area contributed by atoms with E-state index in [1.807, 2.05) is 35.2 Å². The molecule has 2 aliphatic heterocycles. The molecule has 1 fully saturated rings. The largest absolute Gasteiger partial charge is 0.490 e. The highest BCUT2D eigenvalue weighted by atomic mass is 16.5. The summed E-state index contributed by atoms with van der Waals surface area (Å²) in [5.74, 6) is 0.766. The van der Waals surface area contributed by atoms with Gasteiger partial charge in [-0.3, -0.25) is 14.6 Å². The van der Waals surface area contributed by atoms with Crippen LogP contribution in [0, 0.1) is 5.92 Å². The molecule has 134 valence electrons. The van der Waals surface area contributed by atoms with Gasteiger partial charge in [0, 0.05) is 25.2 Å². The number of hydrogen-bond acceptors (Lipinski definition) is 4. The van der Waals surface area contributed by atoms with Crippen molar-refractivity contribution < 1.29 is 14.3 Å². The molecule has 2 amide bonds. The summed E-state index contributed by atoms with van der Waals surface area (Å²) in [6, 6.07) is 13.0. The molecule has 0 atom stereocenters. The second-order valence-corrected chi connectivity index (χ2v) is 6.59. The van der Waals surface area contributed by atoms with E-state index in [9.17, 15) is 9.59 Å². The average molecular weight is 351 g/mol. The standard InChI is InChI=1S/C20H21N3O3/c24-19(23-13-14-26-18-7-2-1-6-17(18)23)15-8-11-22(12-9-15)20(25)16-5-3-4-10-21-16/h1-7,10,15H,8-9,11-14H2. The maximum atomic E-state index is 13.0. The summed E-state index contributed by atoms with van der Waals surface area (Å²) < 4.78 is 5.63. The number of hydrogen-bond donors (Lipinski definition) is 0. The molecule has 0 aliphatic carbocycles. The molecule has 2 aliphatic rings. The van der Waals surface area contributed by atoms with E-state index in [-0.39, 0.29) is 17.7 Å². The molecule has 6 heteroatoms. The van der Waals surface area contributed by atoms with Gasteiger partial charge in [-0.25, -0.2) is 0 Å². The summed E-state index contributed by atoms with van der Waals surface area (Å²) in [5, 5.41) is 0. The van der Waals surface area contributed by atoms with Crippen LogP contribution >= 0.6 is 0 Å². The van der Waals surface area contributed by atoms with E-state index >= 15 is 0 Å². The van der Waals surface area contributed by atoms with Crippen molar-refractivity contribution in [3.63, 3.8) is 0 Å². The first-order valence-corrected chi connectivity index (χ1v) is 8.97.